The maximum Gasteiger partial charge on any atom is 0.247 e. The molecule has 0 aliphatic carbocycles. The summed E-state index contributed by atoms with van der Waals surface area (Å²) in [4.78, 5) is 33.1. The second kappa shape index (κ2) is 11.8. The van der Waals surface area contributed by atoms with Crippen molar-refractivity contribution in [3.63, 3.8) is 0 Å². The summed E-state index contributed by atoms with van der Waals surface area (Å²) >= 11 is 6.47. The largest absolute Gasteiger partial charge is 0.354 e. The van der Waals surface area contributed by atoms with Crippen molar-refractivity contribution in [3.05, 3.63) is 89.2 Å². The van der Waals surface area contributed by atoms with Crippen LogP contribution < -0.4 is 5.32 Å². The molecule has 2 heterocycles. The molecule has 2 aromatic carbocycles. The minimum absolute atomic E-state index is 0.0776. The number of halogens is 1. The molecule has 186 valence electrons. The third-order valence-electron chi connectivity index (χ3n) is 5.93. The number of amides is 2. The first-order valence-corrected chi connectivity index (χ1v) is 12.3. The number of nitrogens with one attached hydrogen (secondary N) is 1. The molecule has 0 saturated heterocycles. The van der Waals surface area contributed by atoms with Crippen LogP contribution in [-0.2, 0) is 22.7 Å². The van der Waals surface area contributed by atoms with Crippen molar-refractivity contribution in [1.29, 1.82) is 0 Å². The van der Waals surface area contributed by atoms with Gasteiger partial charge in [0.05, 0.1) is 5.52 Å². The molecule has 36 heavy (non-hydrogen) atoms. The van der Waals surface area contributed by atoms with E-state index in [9.17, 15) is 9.59 Å². The lowest BCUT2D eigenvalue weighted by Crippen LogP contribution is -2.45. The molecule has 2 amide bonds. The van der Waals surface area contributed by atoms with Crippen LogP contribution in [0.1, 0.15) is 37.4 Å². The monoisotopic (exact) mass is 504 g/mol. The number of para-hydroxylation sites is 1. The lowest BCUT2D eigenvalue weighted by atomic mass is 10.0. The summed E-state index contributed by atoms with van der Waals surface area (Å²) in [6.07, 6.45) is 4.07. The Labute approximate surface area is 215 Å². The standard InChI is InChI=1S/C27H29ClN6O2/c1-19(2)11-16-30-27(36)26(20-12-14-29-15-13-20)33(17-21-7-3-4-8-22(21)28)25(35)18-34-24-10-6-5-9-23(24)31-32-34/h3-10,12-15,19,26H,11,16-18H2,1-2H3,(H,30,36)/t26-/m1/s1. The molecule has 4 rings (SSSR count). The minimum atomic E-state index is -0.876. The first kappa shape index (κ1) is 25.3. The van der Waals surface area contributed by atoms with Crippen molar-refractivity contribution >= 4 is 34.4 Å². The van der Waals surface area contributed by atoms with Gasteiger partial charge in [-0.05, 0) is 53.8 Å². The zero-order valence-corrected chi connectivity index (χ0v) is 21.1. The normalized spacial score (nSPS) is 12.0. The van der Waals surface area contributed by atoms with E-state index in [4.69, 9.17) is 11.6 Å². The summed E-state index contributed by atoms with van der Waals surface area (Å²) in [6, 6.07) is 17.4. The third-order valence-corrected chi connectivity index (χ3v) is 6.30. The van der Waals surface area contributed by atoms with Gasteiger partial charge in [-0.1, -0.05) is 61.0 Å². The zero-order chi connectivity index (χ0) is 25.5. The lowest BCUT2D eigenvalue weighted by Gasteiger charge is -2.32. The molecule has 2 aromatic heterocycles. The van der Waals surface area contributed by atoms with E-state index in [1.54, 1.807) is 40.2 Å². The van der Waals surface area contributed by atoms with Crippen molar-refractivity contribution in [2.45, 2.75) is 39.4 Å². The predicted molar refractivity (Wildman–Crippen MR) is 139 cm³/mol. The second-order valence-electron chi connectivity index (χ2n) is 9.01. The number of carbonyl (C=O) groups is 2. The average Bonchev–Trinajstić information content (AvgIpc) is 3.28. The van der Waals surface area contributed by atoms with Crippen LogP contribution >= 0.6 is 11.6 Å². The molecule has 0 aliphatic heterocycles. The van der Waals surface area contributed by atoms with Crippen LogP contribution in [0.15, 0.2) is 73.1 Å². The SMILES string of the molecule is CC(C)CCNC(=O)[C@@H](c1ccncc1)N(Cc1ccccc1Cl)C(=O)Cn1nnc2ccccc21. The van der Waals surface area contributed by atoms with Crippen LogP contribution in [0.4, 0.5) is 0 Å². The van der Waals surface area contributed by atoms with Crippen molar-refractivity contribution in [3.8, 4) is 0 Å². The molecule has 8 nitrogen and oxygen atoms in total. The van der Waals surface area contributed by atoms with Gasteiger partial charge in [0.1, 0.15) is 18.1 Å². The van der Waals surface area contributed by atoms with Crippen molar-refractivity contribution in [2.24, 2.45) is 5.92 Å². The summed E-state index contributed by atoms with van der Waals surface area (Å²) < 4.78 is 1.55. The van der Waals surface area contributed by atoms with Crippen LogP contribution in [0, 0.1) is 5.92 Å². The smallest absolute Gasteiger partial charge is 0.247 e. The van der Waals surface area contributed by atoms with E-state index in [2.05, 4.69) is 34.5 Å². The molecule has 0 spiro atoms. The highest BCUT2D eigenvalue weighted by Gasteiger charge is 2.32. The Hall–Kier alpha value is -3.78. The van der Waals surface area contributed by atoms with Gasteiger partial charge in [0.2, 0.25) is 11.8 Å². The zero-order valence-electron chi connectivity index (χ0n) is 20.3. The van der Waals surface area contributed by atoms with Gasteiger partial charge in [-0.15, -0.1) is 5.10 Å². The highest BCUT2D eigenvalue weighted by Crippen LogP contribution is 2.27. The highest BCUT2D eigenvalue weighted by molar-refractivity contribution is 6.31. The molecule has 1 N–H and O–H groups in total. The number of fused-ring (bicyclic) bond motifs is 1. The molecule has 0 radical (unpaired) electrons. The van der Waals surface area contributed by atoms with E-state index in [0.717, 1.165) is 17.5 Å². The molecule has 9 heteroatoms. The molecule has 4 aromatic rings. The Balaban J connectivity index is 1.71. The number of rotatable bonds is 10. The molecule has 0 bridgehead atoms. The number of hydrogen-bond acceptors (Lipinski definition) is 5. The maximum absolute atomic E-state index is 13.9. The van der Waals surface area contributed by atoms with Gasteiger partial charge in [0, 0.05) is 30.5 Å². The van der Waals surface area contributed by atoms with Gasteiger partial charge < -0.3 is 10.2 Å². The van der Waals surface area contributed by atoms with E-state index >= 15 is 0 Å². The third kappa shape index (κ3) is 6.07. The van der Waals surface area contributed by atoms with Crippen molar-refractivity contribution in [2.75, 3.05) is 6.54 Å². The van der Waals surface area contributed by atoms with Gasteiger partial charge in [-0.25, -0.2) is 4.68 Å². The quantitative estimate of drug-likeness (QED) is 0.345. The number of aromatic nitrogens is 4. The Morgan fingerprint density at radius 2 is 1.75 bits per heavy atom. The lowest BCUT2D eigenvalue weighted by molar-refractivity contribution is -0.142. The van der Waals surface area contributed by atoms with Crippen molar-refractivity contribution < 1.29 is 9.59 Å². The number of carbonyl (C=O) groups excluding carboxylic acids is 2. The van der Waals surface area contributed by atoms with Gasteiger partial charge in [0.25, 0.3) is 0 Å². The van der Waals surface area contributed by atoms with Gasteiger partial charge in [0.15, 0.2) is 0 Å². The Bertz CT molecular complexity index is 1320. The first-order chi connectivity index (χ1) is 17.4. The van der Waals surface area contributed by atoms with Crippen LogP contribution in [0.25, 0.3) is 11.0 Å². The van der Waals surface area contributed by atoms with E-state index in [-0.39, 0.29) is 24.9 Å². The fourth-order valence-corrected chi connectivity index (χ4v) is 4.18. The van der Waals surface area contributed by atoms with Crippen LogP contribution in [0.2, 0.25) is 5.02 Å². The first-order valence-electron chi connectivity index (χ1n) is 11.9. The number of benzene rings is 2. The molecular weight excluding hydrogens is 476 g/mol. The minimum Gasteiger partial charge on any atom is -0.354 e. The summed E-state index contributed by atoms with van der Waals surface area (Å²) in [7, 11) is 0. The number of nitrogens with zero attached hydrogens (tertiary/aromatic N) is 5. The second-order valence-corrected chi connectivity index (χ2v) is 9.41. The van der Waals surface area contributed by atoms with E-state index < -0.39 is 6.04 Å². The fourth-order valence-electron chi connectivity index (χ4n) is 3.99. The van der Waals surface area contributed by atoms with Crippen LogP contribution in [-0.4, -0.2) is 43.2 Å². The van der Waals surface area contributed by atoms with E-state index in [0.29, 0.717) is 28.6 Å². The molecule has 0 unspecified atom stereocenters. The van der Waals surface area contributed by atoms with Crippen molar-refractivity contribution in [1.82, 2.24) is 30.2 Å². The van der Waals surface area contributed by atoms with Gasteiger partial charge >= 0.3 is 0 Å². The highest BCUT2D eigenvalue weighted by atomic mass is 35.5. The molecular formula is C27H29ClN6O2. The molecule has 1 atom stereocenters. The maximum atomic E-state index is 13.9. The van der Waals surface area contributed by atoms with E-state index in [1.807, 2.05) is 42.5 Å². The summed E-state index contributed by atoms with van der Waals surface area (Å²) in [5.74, 6) is -0.108. The summed E-state index contributed by atoms with van der Waals surface area (Å²) in [6.45, 7) is 4.78. The van der Waals surface area contributed by atoms with Crippen LogP contribution in [0.3, 0.4) is 0 Å². The predicted octanol–water partition coefficient (Wildman–Crippen LogP) is 4.41. The fraction of sp³-hybridized carbons (Fsp3) is 0.296. The molecule has 0 aliphatic rings. The molecule has 0 saturated carbocycles. The number of pyridine rings is 1. The summed E-state index contributed by atoms with van der Waals surface area (Å²) in [5.41, 5.74) is 2.84. The summed E-state index contributed by atoms with van der Waals surface area (Å²) in [5, 5.41) is 11.9. The Kier molecular flexibility index (Phi) is 8.28. The molecule has 0 fully saturated rings. The van der Waals surface area contributed by atoms with Gasteiger partial charge in [-0.3, -0.25) is 14.6 Å². The van der Waals surface area contributed by atoms with Crippen LogP contribution in [0.5, 0.6) is 0 Å². The Morgan fingerprint density at radius 1 is 1.03 bits per heavy atom. The average molecular weight is 505 g/mol. The van der Waals surface area contributed by atoms with E-state index in [1.165, 1.54) is 0 Å². The topological polar surface area (TPSA) is 93.0 Å². The van der Waals surface area contributed by atoms with Gasteiger partial charge in [-0.2, -0.15) is 0 Å². The number of hydrogen-bond donors (Lipinski definition) is 1. The Morgan fingerprint density at radius 3 is 2.50 bits per heavy atom.